The second kappa shape index (κ2) is 6.03. The van der Waals surface area contributed by atoms with Gasteiger partial charge in [-0.3, -0.25) is 9.10 Å². The maximum Gasteiger partial charge on any atom is 0.254 e. The molecule has 0 atom stereocenters. The minimum absolute atomic E-state index is 0.0837. The Balaban J connectivity index is 2.35. The summed E-state index contributed by atoms with van der Waals surface area (Å²) in [7, 11) is -1.87. The lowest BCUT2D eigenvalue weighted by molar-refractivity contribution is 0.0302. The fourth-order valence-electron chi connectivity index (χ4n) is 2.31. The Hall–Kier alpha value is -1.60. The first-order chi connectivity index (χ1) is 9.82. The van der Waals surface area contributed by atoms with E-state index in [-0.39, 0.29) is 5.91 Å². The maximum atomic E-state index is 12.5. The number of carbonyl (C=O) groups excluding carboxylic acids is 1. The number of rotatable bonds is 3. The first-order valence-corrected chi connectivity index (χ1v) is 8.57. The van der Waals surface area contributed by atoms with Crippen molar-refractivity contribution in [3.63, 3.8) is 0 Å². The van der Waals surface area contributed by atoms with Gasteiger partial charge in [0.05, 0.1) is 25.2 Å². The summed E-state index contributed by atoms with van der Waals surface area (Å²) in [6, 6.07) is 5.14. The summed E-state index contributed by atoms with van der Waals surface area (Å²) in [6.07, 6.45) is 1.14. The highest BCUT2D eigenvalue weighted by molar-refractivity contribution is 7.92. The summed E-state index contributed by atoms with van der Waals surface area (Å²) in [6.45, 7) is 3.96. The van der Waals surface area contributed by atoms with Crippen LogP contribution in [0.3, 0.4) is 0 Å². The van der Waals surface area contributed by atoms with Gasteiger partial charge in [-0.15, -0.1) is 0 Å². The van der Waals surface area contributed by atoms with E-state index in [2.05, 4.69) is 0 Å². The number of ether oxygens (including phenoxy) is 1. The van der Waals surface area contributed by atoms with Crippen LogP contribution in [-0.4, -0.2) is 58.8 Å². The van der Waals surface area contributed by atoms with Gasteiger partial charge in [0.1, 0.15) is 0 Å². The summed E-state index contributed by atoms with van der Waals surface area (Å²) >= 11 is 0. The van der Waals surface area contributed by atoms with Gasteiger partial charge in [-0.05, 0) is 24.6 Å². The van der Waals surface area contributed by atoms with Crippen molar-refractivity contribution in [3.8, 4) is 0 Å². The molecule has 1 aliphatic heterocycles. The summed E-state index contributed by atoms with van der Waals surface area (Å²) in [5, 5.41) is 0. The summed E-state index contributed by atoms with van der Waals surface area (Å²) in [4.78, 5) is 14.3. The average Bonchev–Trinajstić information content (AvgIpc) is 2.46. The van der Waals surface area contributed by atoms with Crippen LogP contribution >= 0.6 is 0 Å². The van der Waals surface area contributed by atoms with Crippen LogP contribution in [0.2, 0.25) is 0 Å². The van der Waals surface area contributed by atoms with Gasteiger partial charge in [-0.25, -0.2) is 8.42 Å². The number of anilines is 1. The predicted molar refractivity (Wildman–Crippen MR) is 81.1 cm³/mol. The van der Waals surface area contributed by atoms with E-state index in [0.29, 0.717) is 43.1 Å². The molecule has 0 saturated carbocycles. The number of hydrogen-bond acceptors (Lipinski definition) is 4. The molecule has 1 aromatic rings. The van der Waals surface area contributed by atoms with Crippen LogP contribution in [-0.2, 0) is 14.8 Å². The van der Waals surface area contributed by atoms with Crippen molar-refractivity contribution in [2.75, 3.05) is 43.9 Å². The average molecular weight is 312 g/mol. The monoisotopic (exact) mass is 312 g/mol. The third-order valence-electron chi connectivity index (χ3n) is 3.67. The Bertz CT molecular complexity index is 636. The van der Waals surface area contributed by atoms with Crippen LogP contribution in [0.25, 0.3) is 0 Å². The number of sulfonamides is 1. The van der Waals surface area contributed by atoms with Gasteiger partial charge in [0.2, 0.25) is 10.0 Å². The highest BCUT2D eigenvalue weighted by Crippen LogP contribution is 2.25. The molecule has 0 aromatic heterocycles. The molecule has 1 aromatic carbocycles. The van der Waals surface area contributed by atoms with Gasteiger partial charge in [-0.2, -0.15) is 0 Å². The molecule has 0 bridgehead atoms. The van der Waals surface area contributed by atoms with Crippen molar-refractivity contribution in [1.82, 2.24) is 4.90 Å². The Kier molecular flexibility index (Phi) is 4.53. The third-order valence-corrected chi connectivity index (χ3v) is 4.86. The molecule has 0 aliphatic carbocycles. The van der Waals surface area contributed by atoms with Crippen LogP contribution < -0.4 is 4.31 Å². The Labute approximate surface area is 125 Å². The molecule has 1 aliphatic rings. The lowest BCUT2D eigenvalue weighted by atomic mass is 10.1. The number of benzene rings is 1. The Morgan fingerprint density at radius 1 is 1.29 bits per heavy atom. The van der Waals surface area contributed by atoms with Crippen LogP contribution in [0.1, 0.15) is 15.9 Å². The number of nitrogens with zero attached hydrogens (tertiary/aromatic N) is 2. The standard InChI is InChI=1S/C14H20N2O4S/c1-11-12(14(17)16-7-9-20-10-8-16)5-4-6-13(11)15(2)21(3,18)19/h4-6H,7-10H2,1-3H3. The zero-order chi connectivity index (χ0) is 15.6. The van der Waals surface area contributed by atoms with E-state index in [1.54, 1.807) is 30.0 Å². The molecule has 1 fully saturated rings. The van der Waals surface area contributed by atoms with Crippen molar-refractivity contribution in [3.05, 3.63) is 29.3 Å². The fraction of sp³-hybridized carbons (Fsp3) is 0.500. The lowest BCUT2D eigenvalue weighted by Gasteiger charge is -2.28. The quantitative estimate of drug-likeness (QED) is 0.830. The molecule has 6 nitrogen and oxygen atoms in total. The molecule has 1 saturated heterocycles. The highest BCUT2D eigenvalue weighted by Gasteiger charge is 2.23. The molecule has 0 N–H and O–H groups in total. The minimum atomic E-state index is -3.36. The molecular formula is C14H20N2O4S. The van der Waals surface area contributed by atoms with Gasteiger partial charge >= 0.3 is 0 Å². The molecular weight excluding hydrogens is 292 g/mol. The second-order valence-corrected chi connectivity index (χ2v) is 7.10. The molecule has 21 heavy (non-hydrogen) atoms. The van der Waals surface area contributed by atoms with E-state index < -0.39 is 10.0 Å². The second-order valence-electron chi connectivity index (χ2n) is 5.08. The number of morpholine rings is 1. The minimum Gasteiger partial charge on any atom is -0.378 e. The van der Waals surface area contributed by atoms with Gasteiger partial charge in [0, 0.05) is 25.7 Å². The van der Waals surface area contributed by atoms with E-state index in [1.807, 2.05) is 0 Å². The largest absolute Gasteiger partial charge is 0.378 e. The van der Waals surface area contributed by atoms with Crippen LogP contribution in [0.5, 0.6) is 0 Å². The van der Waals surface area contributed by atoms with Crippen molar-refractivity contribution < 1.29 is 17.9 Å². The molecule has 1 amide bonds. The molecule has 116 valence electrons. The van der Waals surface area contributed by atoms with E-state index in [1.165, 1.54) is 11.4 Å². The third kappa shape index (κ3) is 3.36. The van der Waals surface area contributed by atoms with E-state index >= 15 is 0 Å². The molecule has 0 spiro atoms. The molecule has 0 unspecified atom stereocenters. The molecule has 2 rings (SSSR count). The molecule has 7 heteroatoms. The zero-order valence-corrected chi connectivity index (χ0v) is 13.3. The van der Waals surface area contributed by atoms with Crippen LogP contribution in [0.4, 0.5) is 5.69 Å². The normalized spacial score (nSPS) is 15.9. The van der Waals surface area contributed by atoms with Crippen LogP contribution in [0.15, 0.2) is 18.2 Å². The Morgan fingerprint density at radius 3 is 2.48 bits per heavy atom. The smallest absolute Gasteiger partial charge is 0.254 e. The summed E-state index contributed by atoms with van der Waals surface area (Å²) in [5.41, 5.74) is 1.73. The maximum absolute atomic E-state index is 12.5. The molecule has 0 radical (unpaired) electrons. The summed E-state index contributed by atoms with van der Waals surface area (Å²) in [5.74, 6) is -0.0837. The fourth-order valence-corrected chi connectivity index (χ4v) is 2.87. The van der Waals surface area contributed by atoms with Gasteiger partial charge in [0.15, 0.2) is 0 Å². The number of hydrogen-bond donors (Lipinski definition) is 0. The number of carbonyl (C=O) groups is 1. The van der Waals surface area contributed by atoms with Crippen molar-refractivity contribution in [2.45, 2.75) is 6.92 Å². The van der Waals surface area contributed by atoms with Crippen molar-refractivity contribution in [1.29, 1.82) is 0 Å². The van der Waals surface area contributed by atoms with Crippen molar-refractivity contribution in [2.24, 2.45) is 0 Å². The topological polar surface area (TPSA) is 66.9 Å². The van der Waals surface area contributed by atoms with Gasteiger partial charge < -0.3 is 9.64 Å². The summed E-state index contributed by atoms with van der Waals surface area (Å²) < 4.78 is 29.8. The number of amides is 1. The van der Waals surface area contributed by atoms with Crippen LogP contribution in [0, 0.1) is 6.92 Å². The SMILES string of the molecule is Cc1c(C(=O)N2CCOCC2)cccc1N(C)S(C)(=O)=O. The first kappa shape index (κ1) is 15.8. The van der Waals surface area contributed by atoms with Gasteiger partial charge in [-0.1, -0.05) is 6.07 Å². The lowest BCUT2D eigenvalue weighted by Crippen LogP contribution is -2.41. The Morgan fingerprint density at radius 2 is 1.90 bits per heavy atom. The predicted octanol–water partition coefficient (Wildman–Crippen LogP) is 0.863. The van der Waals surface area contributed by atoms with Gasteiger partial charge in [0.25, 0.3) is 5.91 Å². The highest BCUT2D eigenvalue weighted by atomic mass is 32.2. The zero-order valence-electron chi connectivity index (χ0n) is 12.5. The van der Waals surface area contributed by atoms with E-state index in [4.69, 9.17) is 4.74 Å². The first-order valence-electron chi connectivity index (χ1n) is 6.73. The van der Waals surface area contributed by atoms with E-state index in [0.717, 1.165) is 6.26 Å². The molecule has 1 heterocycles. The van der Waals surface area contributed by atoms with E-state index in [9.17, 15) is 13.2 Å². The van der Waals surface area contributed by atoms with Crippen molar-refractivity contribution >= 4 is 21.6 Å².